The van der Waals surface area contributed by atoms with E-state index in [1.165, 1.54) is 0 Å². The van der Waals surface area contributed by atoms with E-state index in [1.807, 2.05) is 36.4 Å². The van der Waals surface area contributed by atoms with Crippen LogP contribution in [0.3, 0.4) is 0 Å². The van der Waals surface area contributed by atoms with Gasteiger partial charge in [0.05, 0.1) is 28.7 Å². The van der Waals surface area contributed by atoms with E-state index in [2.05, 4.69) is 27.4 Å². The van der Waals surface area contributed by atoms with Gasteiger partial charge in [-0.05, 0) is 17.7 Å². The highest BCUT2D eigenvalue weighted by Crippen LogP contribution is 2.34. The highest BCUT2D eigenvalue weighted by Gasteiger charge is 2.22. The number of nitriles is 2. The zero-order valence-electron chi connectivity index (χ0n) is 14.8. The standard InChI is InChI=1S/C22H14ClN5/c23-19-6-2-1-5-16(19)20-17(10-24)15-7-9-27-21(15)22(18(20)11-25)28-13-14-4-3-8-26-12-14/h1-8,12,28H,9,13H2. The molecule has 0 aliphatic carbocycles. The lowest BCUT2D eigenvalue weighted by molar-refractivity contribution is 1.09. The van der Waals surface area contributed by atoms with Gasteiger partial charge in [0.15, 0.2) is 0 Å². The Morgan fingerprint density at radius 1 is 1.07 bits per heavy atom. The number of rotatable bonds is 4. The SMILES string of the molecule is N#Cc1c(-c2ccccc2Cl)c(C#N)c2c(c1NCc1cccnc1)=NCC=2. The average Bonchev–Trinajstić information content (AvgIpc) is 3.22. The lowest BCUT2D eigenvalue weighted by Gasteiger charge is -2.15. The van der Waals surface area contributed by atoms with E-state index < -0.39 is 0 Å². The molecule has 0 bridgehead atoms. The molecule has 0 saturated carbocycles. The van der Waals surface area contributed by atoms with Gasteiger partial charge in [-0.15, -0.1) is 0 Å². The zero-order valence-corrected chi connectivity index (χ0v) is 15.5. The third-order valence-electron chi connectivity index (χ3n) is 4.61. The Hall–Kier alpha value is -3.67. The number of nitrogens with one attached hydrogen (secondary N) is 1. The number of pyridine rings is 1. The van der Waals surface area contributed by atoms with Crippen molar-refractivity contribution in [3.63, 3.8) is 0 Å². The van der Waals surface area contributed by atoms with Crippen molar-refractivity contribution in [2.75, 3.05) is 11.9 Å². The lowest BCUT2D eigenvalue weighted by Crippen LogP contribution is -2.31. The van der Waals surface area contributed by atoms with Crippen LogP contribution < -0.4 is 15.9 Å². The largest absolute Gasteiger partial charge is 0.378 e. The molecule has 0 unspecified atom stereocenters. The first-order valence-corrected chi connectivity index (χ1v) is 9.05. The van der Waals surface area contributed by atoms with Crippen LogP contribution in [0.4, 0.5) is 5.69 Å². The first-order chi connectivity index (χ1) is 13.7. The number of nitrogens with zero attached hydrogens (tertiary/aromatic N) is 4. The molecule has 4 rings (SSSR count). The third-order valence-corrected chi connectivity index (χ3v) is 4.94. The highest BCUT2D eigenvalue weighted by atomic mass is 35.5. The molecule has 1 N–H and O–H groups in total. The van der Waals surface area contributed by atoms with Crippen molar-refractivity contribution in [1.29, 1.82) is 10.5 Å². The second-order valence-electron chi connectivity index (χ2n) is 6.23. The smallest absolute Gasteiger partial charge is 0.102 e. The van der Waals surface area contributed by atoms with Gasteiger partial charge >= 0.3 is 0 Å². The van der Waals surface area contributed by atoms with Crippen LogP contribution in [0.5, 0.6) is 0 Å². The molecule has 1 aromatic heterocycles. The van der Waals surface area contributed by atoms with Crippen molar-refractivity contribution in [3.8, 4) is 23.3 Å². The van der Waals surface area contributed by atoms with E-state index in [9.17, 15) is 10.5 Å². The summed E-state index contributed by atoms with van der Waals surface area (Å²) in [6, 6.07) is 15.6. The van der Waals surface area contributed by atoms with Gasteiger partial charge in [0.2, 0.25) is 0 Å². The second kappa shape index (κ2) is 7.52. The molecule has 0 amide bonds. The Morgan fingerprint density at radius 3 is 2.61 bits per heavy atom. The van der Waals surface area contributed by atoms with Crippen molar-refractivity contribution >= 4 is 23.4 Å². The van der Waals surface area contributed by atoms with Crippen LogP contribution in [0.1, 0.15) is 16.7 Å². The maximum absolute atomic E-state index is 9.99. The van der Waals surface area contributed by atoms with Crippen LogP contribution in [0, 0.1) is 22.7 Å². The summed E-state index contributed by atoms with van der Waals surface area (Å²) in [6.07, 6.45) is 5.38. The number of hydrogen-bond acceptors (Lipinski definition) is 5. The van der Waals surface area contributed by atoms with Crippen molar-refractivity contribution in [2.24, 2.45) is 4.99 Å². The molecule has 6 heteroatoms. The van der Waals surface area contributed by atoms with Crippen molar-refractivity contribution < 1.29 is 0 Å². The number of hydrogen-bond donors (Lipinski definition) is 1. The summed E-state index contributed by atoms with van der Waals surface area (Å²) in [5.74, 6) is 0. The van der Waals surface area contributed by atoms with Crippen molar-refractivity contribution in [2.45, 2.75) is 6.54 Å². The predicted octanol–water partition coefficient (Wildman–Crippen LogP) is 3.17. The summed E-state index contributed by atoms with van der Waals surface area (Å²) in [4.78, 5) is 8.64. The number of halogens is 1. The molecule has 2 heterocycles. The van der Waals surface area contributed by atoms with Gasteiger partial charge in [0.25, 0.3) is 0 Å². The summed E-state index contributed by atoms with van der Waals surface area (Å²) in [6.45, 7) is 0.959. The first-order valence-electron chi connectivity index (χ1n) is 8.67. The maximum Gasteiger partial charge on any atom is 0.102 e. The van der Waals surface area contributed by atoms with E-state index in [4.69, 9.17) is 11.6 Å². The van der Waals surface area contributed by atoms with Gasteiger partial charge in [-0.1, -0.05) is 41.9 Å². The maximum atomic E-state index is 9.99. The van der Waals surface area contributed by atoms with Crippen LogP contribution in [-0.2, 0) is 6.54 Å². The summed E-state index contributed by atoms with van der Waals surface area (Å²) in [5.41, 5.74) is 3.58. The number of benzene rings is 2. The lowest BCUT2D eigenvalue weighted by atomic mass is 9.92. The quantitative estimate of drug-likeness (QED) is 0.749. The summed E-state index contributed by atoms with van der Waals surface area (Å²) in [5, 5.41) is 25.1. The van der Waals surface area contributed by atoms with E-state index in [1.54, 1.807) is 18.5 Å². The molecule has 1 aliphatic heterocycles. The third kappa shape index (κ3) is 2.99. The van der Waals surface area contributed by atoms with Gasteiger partial charge in [-0.25, -0.2) is 0 Å². The Bertz CT molecular complexity index is 1270. The Kier molecular flexibility index (Phi) is 4.76. The Balaban J connectivity index is 1.98. The molecule has 0 radical (unpaired) electrons. The molecule has 1 aliphatic rings. The molecular weight excluding hydrogens is 370 g/mol. The normalized spacial score (nSPS) is 11.5. The fraction of sp³-hybridized carbons (Fsp3) is 0.0909. The van der Waals surface area contributed by atoms with Crippen molar-refractivity contribution in [3.05, 3.63) is 81.1 Å². The molecule has 2 aromatic carbocycles. The van der Waals surface area contributed by atoms with Crippen molar-refractivity contribution in [1.82, 2.24) is 4.98 Å². The predicted molar refractivity (Wildman–Crippen MR) is 108 cm³/mol. The molecule has 28 heavy (non-hydrogen) atoms. The monoisotopic (exact) mass is 383 g/mol. The Labute approximate surface area is 166 Å². The molecule has 0 spiro atoms. The van der Waals surface area contributed by atoms with Crippen LogP contribution in [0.2, 0.25) is 5.02 Å². The molecular formula is C22H14ClN5. The summed E-state index contributed by atoms with van der Waals surface area (Å²) in [7, 11) is 0. The minimum absolute atomic E-state index is 0.367. The first kappa shape index (κ1) is 17.7. The minimum atomic E-state index is 0.367. The topological polar surface area (TPSA) is 84.9 Å². The molecule has 0 atom stereocenters. The zero-order chi connectivity index (χ0) is 19.5. The fourth-order valence-corrected chi connectivity index (χ4v) is 3.60. The van der Waals surface area contributed by atoms with Crippen LogP contribution >= 0.6 is 11.6 Å². The number of anilines is 1. The van der Waals surface area contributed by atoms with Crippen LogP contribution in [0.25, 0.3) is 17.2 Å². The number of fused-ring (bicyclic) bond motifs is 1. The highest BCUT2D eigenvalue weighted by molar-refractivity contribution is 6.33. The Morgan fingerprint density at radius 2 is 1.89 bits per heavy atom. The van der Waals surface area contributed by atoms with Gasteiger partial charge in [-0.3, -0.25) is 9.98 Å². The van der Waals surface area contributed by atoms with Gasteiger partial charge in [0.1, 0.15) is 12.1 Å². The van der Waals surface area contributed by atoms with Gasteiger partial charge < -0.3 is 5.32 Å². The molecule has 5 nitrogen and oxygen atoms in total. The molecule has 0 fully saturated rings. The van der Waals surface area contributed by atoms with Gasteiger partial charge in [0, 0.05) is 40.3 Å². The molecule has 3 aromatic rings. The second-order valence-corrected chi connectivity index (χ2v) is 6.63. The fourth-order valence-electron chi connectivity index (χ4n) is 3.37. The summed E-state index contributed by atoms with van der Waals surface area (Å²) >= 11 is 6.41. The minimum Gasteiger partial charge on any atom is -0.378 e. The summed E-state index contributed by atoms with van der Waals surface area (Å²) < 4.78 is 0. The van der Waals surface area contributed by atoms with E-state index >= 15 is 0 Å². The average molecular weight is 384 g/mol. The van der Waals surface area contributed by atoms with E-state index in [0.29, 0.717) is 51.4 Å². The van der Waals surface area contributed by atoms with Gasteiger partial charge in [-0.2, -0.15) is 10.5 Å². The molecule has 134 valence electrons. The molecule has 0 saturated heterocycles. The van der Waals surface area contributed by atoms with E-state index in [0.717, 1.165) is 10.8 Å². The number of aromatic nitrogens is 1. The van der Waals surface area contributed by atoms with Crippen LogP contribution in [0.15, 0.2) is 53.8 Å². The van der Waals surface area contributed by atoms with Crippen LogP contribution in [-0.4, -0.2) is 11.5 Å². The van der Waals surface area contributed by atoms with E-state index in [-0.39, 0.29) is 0 Å².